The standard InChI is InChI=1S/C8H9FO/c1-6-2-3-8(10)5-7(9)4-6/h2-4,10H,5H2,1H3. The lowest BCUT2D eigenvalue weighted by molar-refractivity contribution is 0.386. The lowest BCUT2D eigenvalue weighted by Gasteiger charge is -1.91. The van der Waals surface area contributed by atoms with E-state index in [9.17, 15) is 4.39 Å². The van der Waals surface area contributed by atoms with E-state index in [-0.39, 0.29) is 18.0 Å². The first-order valence-electron chi connectivity index (χ1n) is 3.11. The average molecular weight is 140 g/mol. The smallest absolute Gasteiger partial charge is 0.108 e. The minimum atomic E-state index is -0.292. The summed E-state index contributed by atoms with van der Waals surface area (Å²) < 4.78 is 12.6. The van der Waals surface area contributed by atoms with Crippen LogP contribution in [0.25, 0.3) is 0 Å². The van der Waals surface area contributed by atoms with Crippen LogP contribution in [0.3, 0.4) is 0 Å². The van der Waals surface area contributed by atoms with Crippen LogP contribution in [0.2, 0.25) is 0 Å². The molecule has 1 nitrogen and oxygen atoms in total. The van der Waals surface area contributed by atoms with Gasteiger partial charge < -0.3 is 5.11 Å². The van der Waals surface area contributed by atoms with Gasteiger partial charge in [0.25, 0.3) is 0 Å². The summed E-state index contributed by atoms with van der Waals surface area (Å²) in [6, 6.07) is 0. The number of aliphatic hydroxyl groups excluding tert-OH is 1. The van der Waals surface area contributed by atoms with Crippen LogP contribution in [0.5, 0.6) is 0 Å². The predicted molar refractivity (Wildman–Crippen MR) is 38.3 cm³/mol. The summed E-state index contributed by atoms with van der Waals surface area (Å²) in [5.74, 6) is -0.217. The van der Waals surface area contributed by atoms with Crippen molar-refractivity contribution in [2.24, 2.45) is 0 Å². The van der Waals surface area contributed by atoms with Gasteiger partial charge in [0.15, 0.2) is 0 Å². The molecule has 1 aliphatic rings. The van der Waals surface area contributed by atoms with Crippen molar-refractivity contribution in [1.29, 1.82) is 0 Å². The fraction of sp³-hybridized carbons (Fsp3) is 0.250. The molecule has 10 heavy (non-hydrogen) atoms. The van der Waals surface area contributed by atoms with Crippen LogP contribution in [-0.4, -0.2) is 5.11 Å². The molecule has 0 unspecified atom stereocenters. The Morgan fingerprint density at radius 3 is 2.90 bits per heavy atom. The highest BCUT2D eigenvalue weighted by atomic mass is 19.1. The molecule has 1 N–H and O–H groups in total. The van der Waals surface area contributed by atoms with E-state index in [0.29, 0.717) is 0 Å². The minimum absolute atomic E-state index is 0.0217. The summed E-state index contributed by atoms with van der Waals surface area (Å²) in [5, 5.41) is 8.91. The highest BCUT2D eigenvalue weighted by molar-refractivity contribution is 5.29. The number of hydrogen-bond acceptors (Lipinski definition) is 1. The maximum atomic E-state index is 12.6. The Balaban J connectivity index is 2.90. The zero-order chi connectivity index (χ0) is 7.56. The van der Waals surface area contributed by atoms with Crippen molar-refractivity contribution in [3.8, 4) is 0 Å². The van der Waals surface area contributed by atoms with Gasteiger partial charge in [0.2, 0.25) is 0 Å². The molecule has 0 radical (unpaired) electrons. The number of halogens is 1. The van der Waals surface area contributed by atoms with Crippen LogP contribution >= 0.6 is 0 Å². The maximum Gasteiger partial charge on any atom is 0.108 e. The summed E-state index contributed by atoms with van der Waals surface area (Å²) in [4.78, 5) is 0. The first-order valence-corrected chi connectivity index (χ1v) is 3.11. The highest BCUT2D eigenvalue weighted by Crippen LogP contribution is 2.16. The van der Waals surface area contributed by atoms with Crippen molar-refractivity contribution in [2.75, 3.05) is 0 Å². The van der Waals surface area contributed by atoms with Crippen LogP contribution in [0.15, 0.2) is 35.4 Å². The van der Waals surface area contributed by atoms with Gasteiger partial charge in [-0.05, 0) is 24.6 Å². The Bertz CT molecular complexity index is 223. The van der Waals surface area contributed by atoms with Gasteiger partial charge >= 0.3 is 0 Å². The topological polar surface area (TPSA) is 20.2 Å². The minimum Gasteiger partial charge on any atom is -0.512 e. The first-order chi connectivity index (χ1) is 4.68. The third-order valence-corrected chi connectivity index (χ3v) is 1.27. The second-order valence-corrected chi connectivity index (χ2v) is 2.34. The van der Waals surface area contributed by atoms with Gasteiger partial charge in [0, 0.05) is 0 Å². The molecular formula is C8H9FO. The third kappa shape index (κ3) is 1.72. The molecule has 0 atom stereocenters. The van der Waals surface area contributed by atoms with Crippen LogP contribution in [0, 0.1) is 0 Å². The normalized spacial score (nSPS) is 18.8. The lowest BCUT2D eigenvalue weighted by Crippen LogP contribution is -1.78. The number of aliphatic hydroxyl groups is 1. The van der Waals surface area contributed by atoms with Crippen molar-refractivity contribution >= 4 is 0 Å². The Hall–Kier alpha value is -1.05. The molecule has 0 aliphatic heterocycles. The van der Waals surface area contributed by atoms with Gasteiger partial charge in [-0.3, -0.25) is 0 Å². The van der Waals surface area contributed by atoms with E-state index in [1.807, 2.05) is 0 Å². The monoisotopic (exact) mass is 140 g/mol. The van der Waals surface area contributed by atoms with Crippen LogP contribution in [0.4, 0.5) is 4.39 Å². The summed E-state index contributed by atoms with van der Waals surface area (Å²) in [6.07, 6.45) is 4.63. The largest absolute Gasteiger partial charge is 0.512 e. The van der Waals surface area contributed by atoms with Crippen LogP contribution in [0.1, 0.15) is 13.3 Å². The van der Waals surface area contributed by atoms with Gasteiger partial charge in [-0.15, -0.1) is 0 Å². The fourth-order valence-electron chi connectivity index (χ4n) is 0.806. The summed E-state index contributed by atoms with van der Waals surface area (Å²) in [6.45, 7) is 1.79. The number of allylic oxidation sites excluding steroid dienone is 5. The average Bonchev–Trinajstić information content (AvgIpc) is 1.93. The molecule has 0 aromatic rings. The zero-order valence-electron chi connectivity index (χ0n) is 5.76. The predicted octanol–water partition coefficient (Wildman–Crippen LogP) is 2.63. The van der Waals surface area contributed by atoms with E-state index in [2.05, 4.69) is 0 Å². The molecule has 0 amide bonds. The van der Waals surface area contributed by atoms with Gasteiger partial charge in [-0.25, -0.2) is 4.39 Å². The van der Waals surface area contributed by atoms with Gasteiger partial charge in [0.1, 0.15) is 5.83 Å². The molecule has 0 spiro atoms. The van der Waals surface area contributed by atoms with E-state index < -0.39 is 0 Å². The molecule has 0 fully saturated rings. The van der Waals surface area contributed by atoms with Gasteiger partial charge in [-0.2, -0.15) is 0 Å². The Morgan fingerprint density at radius 1 is 1.50 bits per heavy atom. The van der Waals surface area contributed by atoms with Crippen molar-refractivity contribution < 1.29 is 9.50 Å². The molecule has 54 valence electrons. The zero-order valence-corrected chi connectivity index (χ0v) is 5.76. The second kappa shape index (κ2) is 2.69. The van der Waals surface area contributed by atoms with Crippen molar-refractivity contribution in [3.05, 3.63) is 35.4 Å². The van der Waals surface area contributed by atoms with Crippen molar-refractivity contribution in [2.45, 2.75) is 13.3 Å². The number of hydrogen-bond donors (Lipinski definition) is 1. The van der Waals surface area contributed by atoms with E-state index in [4.69, 9.17) is 5.11 Å². The van der Waals surface area contributed by atoms with E-state index in [0.717, 1.165) is 5.57 Å². The van der Waals surface area contributed by atoms with E-state index in [1.165, 1.54) is 12.2 Å². The first kappa shape index (κ1) is 7.06. The molecule has 1 aliphatic carbocycles. The molecule has 1 rings (SSSR count). The molecule has 0 saturated carbocycles. The van der Waals surface area contributed by atoms with Crippen LogP contribution < -0.4 is 0 Å². The summed E-state index contributed by atoms with van der Waals surface area (Å²) in [5.41, 5.74) is 0.821. The molecule has 0 saturated heterocycles. The van der Waals surface area contributed by atoms with Gasteiger partial charge in [-0.1, -0.05) is 6.08 Å². The molecule has 2 heteroatoms. The SMILES string of the molecule is CC1=CC=C(O)CC(F)=C1. The Kier molecular flexibility index (Phi) is 1.90. The van der Waals surface area contributed by atoms with Crippen molar-refractivity contribution in [1.82, 2.24) is 0 Å². The highest BCUT2D eigenvalue weighted by Gasteiger charge is 2.01. The summed E-state index contributed by atoms with van der Waals surface area (Å²) >= 11 is 0. The molecule has 0 aromatic carbocycles. The van der Waals surface area contributed by atoms with Crippen LogP contribution in [-0.2, 0) is 0 Å². The van der Waals surface area contributed by atoms with E-state index >= 15 is 0 Å². The molecule has 0 aromatic heterocycles. The summed E-state index contributed by atoms with van der Waals surface area (Å²) in [7, 11) is 0. The van der Waals surface area contributed by atoms with Crippen molar-refractivity contribution in [3.63, 3.8) is 0 Å². The molecule has 0 bridgehead atoms. The van der Waals surface area contributed by atoms with Gasteiger partial charge in [0.05, 0.1) is 12.2 Å². The molecular weight excluding hydrogens is 131 g/mol. The number of rotatable bonds is 0. The Morgan fingerprint density at radius 2 is 2.20 bits per heavy atom. The second-order valence-electron chi connectivity index (χ2n) is 2.34. The Labute approximate surface area is 59.2 Å². The third-order valence-electron chi connectivity index (χ3n) is 1.27. The van der Waals surface area contributed by atoms with E-state index in [1.54, 1.807) is 13.0 Å². The maximum absolute atomic E-state index is 12.6. The lowest BCUT2D eigenvalue weighted by atomic mass is 10.2. The molecule has 0 heterocycles. The fourth-order valence-corrected chi connectivity index (χ4v) is 0.806. The quantitative estimate of drug-likeness (QED) is 0.548.